The van der Waals surface area contributed by atoms with Crippen molar-refractivity contribution in [1.82, 2.24) is 0 Å². The number of hydrogen-bond donors (Lipinski definition) is 0. The van der Waals surface area contributed by atoms with Gasteiger partial charge in [0.2, 0.25) is 0 Å². The number of hydrogen-bond acceptors (Lipinski definition) is 5. The molecular weight excluding hydrogens is 397 g/mol. The summed E-state index contributed by atoms with van der Waals surface area (Å²) in [5.41, 5.74) is -7.25. The standard InChI is InChI=1S/C19H25F3O5S/c1-10-6-5-7-16(2)11(10)8-13(27-28(24,25)19(20,21)22)17(3)12(16)9-14-18(4,26-14)15(17)23/h6,11-14H,5,7-9H2,1-4H3/t11-,12+,13-,14-,16-,17-,18-/m0/s1. The molecule has 3 aliphatic carbocycles. The lowest BCUT2D eigenvalue weighted by atomic mass is 9.43. The van der Waals surface area contributed by atoms with Crippen LogP contribution in [0.4, 0.5) is 13.2 Å². The van der Waals surface area contributed by atoms with Crippen LogP contribution in [0.15, 0.2) is 11.6 Å². The number of allylic oxidation sites excluding steroid dienone is 2. The Hall–Kier alpha value is -0.930. The van der Waals surface area contributed by atoms with Gasteiger partial charge in [-0.2, -0.15) is 21.6 Å². The van der Waals surface area contributed by atoms with Gasteiger partial charge in [0.1, 0.15) is 0 Å². The van der Waals surface area contributed by atoms with E-state index in [1.807, 2.05) is 13.0 Å². The second-order valence-corrected chi connectivity index (χ2v) is 10.9. The molecule has 0 radical (unpaired) electrons. The van der Waals surface area contributed by atoms with Gasteiger partial charge in [-0.3, -0.25) is 8.98 Å². The highest BCUT2D eigenvalue weighted by Gasteiger charge is 2.75. The number of halogens is 3. The Kier molecular flexibility index (Phi) is 4.07. The highest BCUT2D eigenvalue weighted by molar-refractivity contribution is 7.87. The Labute approximate surface area is 162 Å². The molecule has 9 heteroatoms. The summed E-state index contributed by atoms with van der Waals surface area (Å²) in [6.07, 6.45) is 2.61. The lowest BCUT2D eigenvalue weighted by molar-refractivity contribution is -0.170. The van der Waals surface area contributed by atoms with Crippen LogP contribution in [-0.4, -0.2) is 37.5 Å². The molecule has 7 atom stereocenters. The number of alkyl halides is 3. The van der Waals surface area contributed by atoms with Crippen LogP contribution in [-0.2, 0) is 23.8 Å². The summed E-state index contributed by atoms with van der Waals surface area (Å²) in [7, 11) is -5.82. The van der Waals surface area contributed by atoms with Crippen LogP contribution >= 0.6 is 0 Å². The number of carbonyl (C=O) groups is 1. The zero-order valence-electron chi connectivity index (χ0n) is 16.3. The fraction of sp³-hybridized carbons (Fsp3) is 0.842. The molecule has 0 aromatic carbocycles. The van der Waals surface area contributed by atoms with Crippen molar-refractivity contribution in [2.75, 3.05) is 0 Å². The van der Waals surface area contributed by atoms with Crippen LogP contribution < -0.4 is 0 Å². The summed E-state index contributed by atoms with van der Waals surface area (Å²) in [6.45, 7) is 7.21. The predicted octanol–water partition coefficient (Wildman–Crippen LogP) is 3.74. The number of Topliss-reactive ketones (excluding diaryl/α,β-unsaturated/α-hetero) is 1. The fourth-order valence-electron chi connectivity index (χ4n) is 6.34. The molecule has 28 heavy (non-hydrogen) atoms. The van der Waals surface area contributed by atoms with Gasteiger partial charge >= 0.3 is 15.6 Å². The van der Waals surface area contributed by atoms with E-state index in [4.69, 9.17) is 8.92 Å². The third-order valence-corrected chi connectivity index (χ3v) is 9.05. The maximum absolute atomic E-state index is 13.4. The smallest absolute Gasteiger partial charge is 0.358 e. The molecule has 158 valence electrons. The number of fused-ring (bicyclic) bond motifs is 4. The first-order valence-electron chi connectivity index (χ1n) is 9.57. The van der Waals surface area contributed by atoms with Crippen molar-refractivity contribution < 1.29 is 35.3 Å². The van der Waals surface area contributed by atoms with Crippen LogP contribution in [0.1, 0.15) is 53.4 Å². The summed E-state index contributed by atoms with van der Waals surface area (Å²) in [5.74, 6) is -0.789. The second kappa shape index (κ2) is 5.60. The topological polar surface area (TPSA) is 73.0 Å². The first-order valence-corrected chi connectivity index (χ1v) is 11.0. The van der Waals surface area contributed by atoms with Crippen molar-refractivity contribution in [3.8, 4) is 0 Å². The van der Waals surface area contributed by atoms with Gasteiger partial charge in [0.15, 0.2) is 11.4 Å². The largest absolute Gasteiger partial charge is 0.523 e. The summed E-state index contributed by atoms with van der Waals surface area (Å²) in [6, 6.07) is 0. The van der Waals surface area contributed by atoms with Crippen LogP contribution in [0.5, 0.6) is 0 Å². The van der Waals surface area contributed by atoms with E-state index in [2.05, 4.69) is 6.92 Å². The van der Waals surface area contributed by atoms with Crippen molar-refractivity contribution in [3.63, 3.8) is 0 Å². The molecule has 0 unspecified atom stereocenters. The number of ketones is 1. The molecule has 4 aliphatic rings. The van der Waals surface area contributed by atoms with Gasteiger partial charge in [-0.1, -0.05) is 18.6 Å². The maximum Gasteiger partial charge on any atom is 0.523 e. The van der Waals surface area contributed by atoms with Crippen LogP contribution in [0.25, 0.3) is 0 Å². The highest BCUT2D eigenvalue weighted by atomic mass is 32.2. The number of ether oxygens (including phenoxy) is 1. The Morgan fingerprint density at radius 2 is 1.86 bits per heavy atom. The van der Waals surface area contributed by atoms with Gasteiger partial charge in [0.05, 0.1) is 17.6 Å². The molecule has 1 aliphatic heterocycles. The Balaban J connectivity index is 1.82. The minimum atomic E-state index is -5.82. The Bertz CT molecular complexity index is 865. The zero-order valence-corrected chi connectivity index (χ0v) is 17.1. The molecule has 0 aromatic heterocycles. The van der Waals surface area contributed by atoms with E-state index in [1.165, 1.54) is 0 Å². The number of epoxide rings is 1. The quantitative estimate of drug-likeness (QED) is 0.293. The Morgan fingerprint density at radius 3 is 2.46 bits per heavy atom. The first-order chi connectivity index (χ1) is 12.7. The zero-order chi connectivity index (χ0) is 20.9. The third-order valence-electron chi connectivity index (χ3n) is 7.99. The van der Waals surface area contributed by atoms with Crippen LogP contribution in [0.3, 0.4) is 0 Å². The molecular formula is C19H25F3O5S. The molecule has 0 spiro atoms. The lowest BCUT2D eigenvalue weighted by Crippen LogP contribution is -2.65. The van der Waals surface area contributed by atoms with Crippen molar-refractivity contribution >= 4 is 15.9 Å². The summed E-state index contributed by atoms with van der Waals surface area (Å²) in [4.78, 5) is 13.4. The van der Waals surface area contributed by atoms with E-state index in [1.54, 1.807) is 13.8 Å². The normalized spacial score (nSPS) is 48.2. The average molecular weight is 422 g/mol. The second-order valence-electron chi connectivity index (χ2n) is 9.38. The van der Waals surface area contributed by atoms with Crippen molar-refractivity contribution in [2.45, 2.75) is 76.7 Å². The number of carbonyl (C=O) groups excluding carboxylic acids is 1. The molecule has 1 heterocycles. The van der Waals surface area contributed by atoms with E-state index < -0.39 is 32.7 Å². The predicted molar refractivity (Wildman–Crippen MR) is 93.6 cm³/mol. The number of rotatable bonds is 2. The molecule has 3 fully saturated rings. The molecule has 4 rings (SSSR count). The minimum absolute atomic E-state index is 0.0631. The minimum Gasteiger partial charge on any atom is -0.358 e. The fourth-order valence-corrected chi connectivity index (χ4v) is 7.03. The first kappa shape index (κ1) is 20.3. The monoisotopic (exact) mass is 422 g/mol. The van der Waals surface area contributed by atoms with E-state index in [0.29, 0.717) is 6.42 Å². The van der Waals surface area contributed by atoms with Gasteiger partial charge in [0.25, 0.3) is 0 Å². The summed E-state index contributed by atoms with van der Waals surface area (Å²) < 4.78 is 73.2. The molecule has 2 saturated carbocycles. The summed E-state index contributed by atoms with van der Waals surface area (Å²) >= 11 is 0. The lowest BCUT2D eigenvalue weighted by Gasteiger charge is -2.61. The maximum atomic E-state index is 13.4. The van der Waals surface area contributed by atoms with Crippen LogP contribution in [0, 0.1) is 22.7 Å². The molecule has 0 amide bonds. The van der Waals surface area contributed by atoms with Gasteiger partial charge in [-0.15, -0.1) is 0 Å². The Morgan fingerprint density at radius 1 is 1.21 bits per heavy atom. The van der Waals surface area contributed by atoms with Crippen molar-refractivity contribution in [3.05, 3.63) is 11.6 Å². The van der Waals surface area contributed by atoms with Crippen LogP contribution in [0.2, 0.25) is 0 Å². The third kappa shape index (κ3) is 2.45. The molecule has 0 N–H and O–H groups in total. The summed E-state index contributed by atoms with van der Waals surface area (Å²) in [5, 5.41) is 0. The van der Waals surface area contributed by atoms with E-state index in [9.17, 15) is 26.4 Å². The highest BCUT2D eigenvalue weighted by Crippen LogP contribution is 2.68. The van der Waals surface area contributed by atoms with Gasteiger partial charge in [0, 0.05) is 0 Å². The van der Waals surface area contributed by atoms with E-state index in [0.717, 1.165) is 18.4 Å². The van der Waals surface area contributed by atoms with E-state index in [-0.39, 0.29) is 35.6 Å². The SMILES string of the molecule is CC1=CCC[C@]2(C)[C@H]3C[C@@H]4O[C@]4(C)C(=O)[C@]3(C)[C@@H](OS(=O)(=O)C(F)(F)F)C[C@@H]12. The van der Waals surface area contributed by atoms with Gasteiger partial charge < -0.3 is 4.74 Å². The van der Waals surface area contributed by atoms with Crippen molar-refractivity contribution in [1.29, 1.82) is 0 Å². The molecule has 1 saturated heterocycles. The molecule has 0 bridgehead atoms. The molecule has 0 aromatic rings. The van der Waals surface area contributed by atoms with E-state index >= 15 is 0 Å². The average Bonchev–Trinajstić information content (AvgIpc) is 3.23. The molecule has 5 nitrogen and oxygen atoms in total. The van der Waals surface area contributed by atoms with Gasteiger partial charge in [-0.05, 0) is 63.7 Å². The van der Waals surface area contributed by atoms with Crippen molar-refractivity contribution in [2.24, 2.45) is 22.7 Å². The van der Waals surface area contributed by atoms with Gasteiger partial charge in [-0.25, -0.2) is 0 Å².